The number of nitrogens with zero attached hydrogens (tertiary/aromatic N) is 4. The van der Waals surface area contributed by atoms with Gasteiger partial charge in [0, 0.05) is 64.4 Å². The molecule has 3 heterocycles. The number of amides is 4. The Labute approximate surface area is 214 Å². The SMILES string of the molecule is CC(=O)NCCNc1cc(NC(=O)C(=O)N2CCN(C(=O)C3CCCO3)CC2)nc(-c2ccccc2)n1. The molecule has 37 heavy (non-hydrogen) atoms. The van der Waals surface area contributed by atoms with Gasteiger partial charge < -0.3 is 30.5 Å². The highest BCUT2D eigenvalue weighted by molar-refractivity contribution is 6.39. The van der Waals surface area contributed by atoms with Crippen molar-refractivity contribution in [1.29, 1.82) is 0 Å². The topological polar surface area (TPSA) is 146 Å². The van der Waals surface area contributed by atoms with Crippen molar-refractivity contribution >= 4 is 35.3 Å². The number of carbonyl (C=O) groups excluding carboxylic acids is 4. The Morgan fingerprint density at radius 2 is 1.68 bits per heavy atom. The summed E-state index contributed by atoms with van der Waals surface area (Å²) in [5, 5.41) is 8.37. The van der Waals surface area contributed by atoms with Crippen LogP contribution in [-0.2, 0) is 23.9 Å². The van der Waals surface area contributed by atoms with Gasteiger partial charge in [0.2, 0.25) is 5.91 Å². The molecule has 12 heteroatoms. The molecule has 2 fully saturated rings. The van der Waals surface area contributed by atoms with Crippen LogP contribution in [0.15, 0.2) is 36.4 Å². The summed E-state index contributed by atoms with van der Waals surface area (Å²) in [6.07, 6.45) is 1.19. The summed E-state index contributed by atoms with van der Waals surface area (Å²) in [6, 6.07) is 10.8. The number of hydrogen-bond acceptors (Lipinski definition) is 8. The highest BCUT2D eigenvalue weighted by Gasteiger charge is 2.32. The van der Waals surface area contributed by atoms with E-state index < -0.39 is 17.9 Å². The molecule has 2 aliphatic rings. The van der Waals surface area contributed by atoms with E-state index in [0.717, 1.165) is 12.0 Å². The third-order valence-electron chi connectivity index (χ3n) is 6.08. The summed E-state index contributed by atoms with van der Waals surface area (Å²) in [7, 11) is 0. The van der Waals surface area contributed by atoms with Crippen LogP contribution < -0.4 is 16.0 Å². The Kier molecular flexibility index (Phi) is 8.62. The predicted molar refractivity (Wildman–Crippen MR) is 135 cm³/mol. The second-order valence-electron chi connectivity index (χ2n) is 8.81. The highest BCUT2D eigenvalue weighted by Crippen LogP contribution is 2.20. The maximum atomic E-state index is 12.8. The van der Waals surface area contributed by atoms with Gasteiger partial charge in [0.25, 0.3) is 5.91 Å². The van der Waals surface area contributed by atoms with Crippen LogP contribution in [0.3, 0.4) is 0 Å². The summed E-state index contributed by atoms with van der Waals surface area (Å²) in [5.41, 5.74) is 0.738. The van der Waals surface area contributed by atoms with Crippen molar-refractivity contribution in [3.63, 3.8) is 0 Å². The zero-order chi connectivity index (χ0) is 26.2. The van der Waals surface area contributed by atoms with Crippen LogP contribution in [-0.4, -0.2) is 95.4 Å². The summed E-state index contributed by atoms with van der Waals surface area (Å²) < 4.78 is 5.47. The molecule has 2 aromatic rings. The van der Waals surface area contributed by atoms with E-state index in [2.05, 4.69) is 25.9 Å². The predicted octanol–water partition coefficient (Wildman–Crippen LogP) is 0.480. The van der Waals surface area contributed by atoms with E-state index in [1.165, 1.54) is 17.9 Å². The number of benzene rings is 1. The molecule has 0 saturated carbocycles. The molecule has 1 unspecified atom stereocenters. The van der Waals surface area contributed by atoms with E-state index >= 15 is 0 Å². The molecule has 2 saturated heterocycles. The van der Waals surface area contributed by atoms with Crippen LogP contribution in [0.5, 0.6) is 0 Å². The van der Waals surface area contributed by atoms with Gasteiger partial charge in [-0.3, -0.25) is 19.2 Å². The van der Waals surface area contributed by atoms with E-state index in [4.69, 9.17) is 4.74 Å². The monoisotopic (exact) mass is 509 g/mol. The summed E-state index contributed by atoms with van der Waals surface area (Å²) >= 11 is 0. The third-order valence-corrected chi connectivity index (χ3v) is 6.08. The minimum absolute atomic E-state index is 0.0537. The van der Waals surface area contributed by atoms with Gasteiger partial charge in [-0.25, -0.2) is 9.97 Å². The number of ether oxygens (including phenoxy) is 1. The van der Waals surface area contributed by atoms with Crippen molar-refractivity contribution in [3.8, 4) is 11.4 Å². The van der Waals surface area contributed by atoms with E-state index in [1.54, 1.807) is 4.90 Å². The number of hydrogen-bond donors (Lipinski definition) is 3. The molecular formula is C25H31N7O5. The van der Waals surface area contributed by atoms with Crippen LogP contribution >= 0.6 is 0 Å². The molecule has 196 valence electrons. The van der Waals surface area contributed by atoms with Gasteiger partial charge in [0.15, 0.2) is 5.82 Å². The lowest BCUT2D eigenvalue weighted by molar-refractivity contribution is -0.148. The van der Waals surface area contributed by atoms with Crippen molar-refractivity contribution in [1.82, 2.24) is 25.1 Å². The van der Waals surface area contributed by atoms with Gasteiger partial charge in [-0.15, -0.1) is 0 Å². The Hall–Kier alpha value is -4.06. The van der Waals surface area contributed by atoms with Crippen molar-refractivity contribution in [2.45, 2.75) is 25.9 Å². The number of piperazine rings is 1. The van der Waals surface area contributed by atoms with Gasteiger partial charge >= 0.3 is 11.8 Å². The zero-order valence-corrected chi connectivity index (χ0v) is 20.7. The number of nitrogens with one attached hydrogen (secondary N) is 3. The van der Waals surface area contributed by atoms with Crippen LogP contribution in [0.1, 0.15) is 19.8 Å². The largest absolute Gasteiger partial charge is 0.368 e. The molecule has 4 amide bonds. The minimum atomic E-state index is -0.819. The zero-order valence-electron chi connectivity index (χ0n) is 20.7. The average Bonchev–Trinajstić information content (AvgIpc) is 3.46. The Bertz CT molecular complexity index is 1130. The maximum absolute atomic E-state index is 12.8. The Balaban J connectivity index is 1.39. The third kappa shape index (κ3) is 7.00. The molecule has 0 radical (unpaired) electrons. The number of anilines is 2. The van der Waals surface area contributed by atoms with Gasteiger partial charge in [0.1, 0.15) is 17.7 Å². The molecule has 1 aromatic carbocycles. The normalized spacial score (nSPS) is 17.3. The molecule has 2 aliphatic heterocycles. The molecule has 12 nitrogen and oxygen atoms in total. The molecule has 3 N–H and O–H groups in total. The van der Waals surface area contributed by atoms with Gasteiger partial charge in [-0.1, -0.05) is 30.3 Å². The number of rotatable bonds is 7. The van der Waals surface area contributed by atoms with Crippen molar-refractivity contribution < 1.29 is 23.9 Å². The fourth-order valence-corrected chi connectivity index (χ4v) is 4.17. The van der Waals surface area contributed by atoms with E-state index in [9.17, 15) is 19.2 Å². The average molecular weight is 510 g/mol. The number of carbonyl (C=O) groups is 4. The molecule has 0 bridgehead atoms. The molecule has 0 spiro atoms. The van der Waals surface area contributed by atoms with Gasteiger partial charge in [0.05, 0.1) is 0 Å². The molecule has 1 aromatic heterocycles. The highest BCUT2D eigenvalue weighted by atomic mass is 16.5. The Morgan fingerprint density at radius 3 is 2.35 bits per heavy atom. The summed E-state index contributed by atoms with van der Waals surface area (Å²) in [4.78, 5) is 61.3. The standard InChI is InChI=1S/C25H31N7O5/c1-17(33)26-9-10-27-20-16-21(29-22(28-20)18-6-3-2-4-7-18)30-23(34)25(36)32-13-11-31(12-14-32)24(35)19-8-5-15-37-19/h2-4,6-7,16,19H,5,8-15H2,1H3,(H,26,33)(H2,27,28,29,30,34). The van der Waals surface area contributed by atoms with Crippen LogP contribution in [0.2, 0.25) is 0 Å². The fraction of sp³-hybridized carbons (Fsp3) is 0.440. The maximum Gasteiger partial charge on any atom is 0.315 e. The Morgan fingerprint density at radius 1 is 0.973 bits per heavy atom. The summed E-state index contributed by atoms with van der Waals surface area (Å²) in [6.45, 7) is 4.06. The minimum Gasteiger partial charge on any atom is -0.368 e. The smallest absolute Gasteiger partial charge is 0.315 e. The van der Waals surface area contributed by atoms with E-state index in [0.29, 0.717) is 50.8 Å². The first kappa shape index (κ1) is 26.0. The molecule has 0 aliphatic carbocycles. The fourth-order valence-electron chi connectivity index (χ4n) is 4.17. The quantitative estimate of drug-likeness (QED) is 0.361. The number of aromatic nitrogens is 2. The summed E-state index contributed by atoms with van der Waals surface area (Å²) in [5.74, 6) is -0.733. The second-order valence-corrected chi connectivity index (χ2v) is 8.81. The lowest BCUT2D eigenvalue weighted by Crippen LogP contribution is -2.54. The van der Waals surface area contributed by atoms with Crippen molar-refractivity contribution in [3.05, 3.63) is 36.4 Å². The first-order valence-electron chi connectivity index (χ1n) is 12.3. The van der Waals surface area contributed by atoms with Crippen molar-refractivity contribution in [2.24, 2.45) is 0 Å². The second kappa shape index (κ2) is 12.3. The lowest BCUT2D eigenvalue weighted by atomic mass is 10.2. The van der Waals surface area contributed by atoms with Crippen molar-refractivity contribution in [2.75, 3.05) is 56.5 Å². The first-order chi connectivity index (χ1) is 17.9. The lowest BCUT2D eigenvalue weighted by Gasteiger charge is -2.35. The molecular weight excluding hydrogens is 478 g/mol. The van der Waals surface area contributed by atoms with Crippen LogP contribution in [0.4, 0.5) is 11.6 Å². The van der Waals surface area contributed by atoms with Crippen LogP contribution in [0.25, 0.3) is 11.4 Å². The first-order valence-corrected chi connectivity index (χ1v) is 12.3. The molecule has 1 atom stereocenters. The molecule has 4 rings (SSSR count). The van der Waals surface area contributed by atoms with E-state index in [-0.39, 0.29) is 30.7 Å². The van der Waals surface area contributed by atoms with Gasteiger partial charge in [-0.05, 0) is 12.8 Å². The van der Waals surface area contributed by atoms with Crippen LogP contribution in [0, 0.1) is 0 Å². The van der Waals surface area contributed by atoms with Gasteiger partial charge in [-0.2, -0.15) is 0 Å². The van der Waals surface area contributed by atoms with E-state index in [1.807, 2.05) is 30.3 Å².